The van der Waals surface area contributed by atoms with Gasteiger partial charge in [0.25, 0.3) is 0 Å². The van der Waals surface area contributed by atoms with Gasteiger partial charge < -0.3 is 15.2 Å². The highest BCUT2D eigenvalue weighted by atomic mass is 79.9. The first-order valence-electron chi connectivity index (χ1n) is 5.00. The third-order valence-corrected chi connectivity index (χ3v) is 2.80. The lowest BCUT2D eigenvalue weighted by Gasteiger charge is -2.20. The molecule has 1 aromatic rings. The van der Waals surface area contributed by atoms with Gasteiger partial charge in [-0.25, -0.2) is 0 Å². The van der Waals surface area contributed by atoms with Crippen LogP contribution in [0.5, 0.6) is 11.5 Å². The van der Waals surface area contributed by atoms with E-state index in [0.29, 0.717) is 13.2 Å². The van der Waals surface area contributed by atoms with Crippen LogP contribution in [0, 0.1) is 0 Å². The van der Waals surface area contributed by atoms with Crippen molar-refractivity contribution in [1.82, 2.24) is 0 Å². The molecule has 0 aliphatic carbocycles. The van der Waals surface area contributed by atoms with E-state index in [2.05, 4.69) is 15.9 Å². The molecule has 0 bridgehead atoms. The summed E-state index contributed by atoms with van der Waals surface area (Å²) in [6.07, 6.45) is 0.842. The molecule has 4 heteroatoms. The normalized spacial score (nSPS) is 16.2. The van der Waals surface area contributed by atoms with Gasteiger partial charge in [-0.05, 0) is 47.0 Å². The molecule has 0 amide bonds. The molecule has 0 saturated carbocycles. The first kappa shape index (κ1) is 10.8. The Bertz CT molecular complexity index is 366. The van der Waals surface area contributed by atoms with Gasteiger partial charge in [0, 0.05) is 6.04 Å². The molecule has 0 aromatic heterocycles. The van der Waals surface area contributed by atoms with Crippen LogP contribution < -0.4 is 15.2 Å². The quantitative estimate of drug-likeness (QED) is 0.896. The Balaban J connectivity index is 2.32. The van der Waals surface area contributed by atoms with Crippen LogP contribution in [0.1, 0.15) is 12.5 Å². The summed E-state index contributed by atoms with van der Waals surface area (Å²) >= 11 is 3.48. The van der Waals surface area contributed by atoms with E-state index in [1.54, 1.807) is 0 Å². The van der Waals surface area contributed by atoms with E-state index in [1.807, 2.05) is 19.1 Å². The third kappa shape index (κ3) is 2.44. The monoisotopic (exact) mass is 271 g/mol. The van der Waals surface area contributed by atoms with E-state index < -0.39 is 0 Å². The maximum absolute atomic E-state index is 5.76. The van der Waals surface area contributed by atoms with Crippen molar-refractivity contribution in [2.24, 2.45) is 5.73 Å². The highest BCUT2D eigenvalue weighted by molar-refractivity contribution is 9.10. The maximum atomic E-state index is 5.76. The topological polar surface area (TPSA) is 44.5 Å². The molecule has 2 N–H and O–H groups in total. The van der Waals surface area contributed by atoms with E-state index in [-0.39, 0.29) is 6.04 Å². The van der Waals surface area contributed by atoms with Crippen molar-refractivity contribution in [2.75, 3.05) is 13.2 Å². The van der Waals surface area contributed by atoms with E-state index in [1.165, 1.54) is 5.56 Å². The summed E-state index contributed by atoms with van der Waals surface area (Å²) in [6.45, 7) is 3.21. The predicted molar refractivity (Wildman–Crippen MR) is 62.5 cm³/mol. The largest absolute Gasteiger partial charge is 0.486 e. The maximum Gasteiger partial charge on any atom is 0.175 e. The van der Waals surface area contributed by atoms with Gasteiger partial charge in [-0.1, -0.05) is 0 Å². The highest BCUT2D eigenvalue weighted by Gasteiger charge is 2.16. The van der Waals surface area contributed by atoms with Gasteiger partial charge in [0.15, 0.2) is 11.5 Å². The number of rotatable bonds is 2. The van der Waals surface area contributed by atoms with Crippen LogP contribution in [0.4, 0.5) is 0 Å². The fraction of sp³-hybridized carbons (Fsp3) is 0.455. The molecular formula is C11H14BrNO2. The average Bonchev–Trinajstić information content (AvgIpc) is 2.16. The summed E-state index contributed by atoms with van der Waals surface area (Å²) in [5.74, 6) is 1.61. The van der Waals surface area contributed by atoms with Crippen LogP contribution in [-0.2, 0) is 6.42 Å². The molecule has 1 aliphatic rings. The predicted octanol–water partition coefficient (Wildman–Crippen LogP) is 2.11. The summed E-state index contributed by atoms with van der Waals surface area (Å²) < 4.78 is 12.0. The van der Waals surface area contributed by atoms with E-state index in [9.17, 15) is 0 Å². The molecular weight excluding hydrogens is 258 g/mol. The summed E-state index contributed by atoms with van der Waals surface area (Å²) in [5.41, 5.74) is 6.93. The second-order valence-electron chi connectivity index (χ2n) is 3.78. The molecule has 1 heterocycles. The highest BCUT2D eigenvalue weighted by Crippen LogP contribution is 2.38. The molecule has 3 nitrogen and oxygen atoms in total. The fourth-order valence-electron chi connectivity index (χ4n) is 1.65. The Morgan fingerprint density at radius 1 is 1.40 bits per heavy atom. The van der Waals surface area contributed by atoms with Gasteiger partial charge in [0.1, 0.15) is 13.2 Å². The Kier molecular flexibility index (Phi) is 3.17. The molecule has 1 aromatic carbocycles. The Labute approximate surface area is 97.7 Å². The smallest absolute Gasteiger partial charge is 0.175 e. The SMILES string of the molecule is CC(N)Cc1cc(Br)c2c(c1)OCCO2. The van der Waals surface area contributed by atoms with Crippen LogP contribution >= 0.6 is 15.9 Å². The van der Waals surface area contributed by atoms with Gasteiger partial charge in [0.2, 0.25) is 0 Å². The lowest BCUT2D eigenvalue weighted by atomic mass is 10.1. The third-order valence-electron chi connectivity index (χ3n) is 2.21. The Morgan fingerprint density at radius 3 is 2.87 bits per heavy atom. The number of hydrogen-bond acceptors (Lipinski definition) is 3. The molecule has 1 atom stereocenters. The zero-order chi connectivity index (χ0) is 10.8. The van der Waals surface area contributed by atoms with Crippen LogP contribution in [0.25, 0.3) is 0 Å². The van der Waals surface area contributed by atoms with Crippen molar-refractivity contribution < 1.29 is 9.47 Å². The van der Waals surface area contributed by atoms with E-state index in [4.69, 9.17) is 15.2 Å². The van der Waals surface area contributed by atoms with Gasteiger partial charge in [-0.2, -0.15) is 0 Å². The minimum absolute atomic E-state index is 0.152. The van der Waals surface area contributed by atoms with E-state index in [0.717, 1.165) is 22.4 Å². The molecule has 0 fully saturated rings. The molecule has 0 spiro atoms. The summed E-state index contributed by atoms with van der Waals surface area (Å²) in [7, 11) is 0. The number of fused-ring (bicyclic) bond motifs is 1. The van der Waals surface area contributed by atoms with Crippen molar-refractivity contribution in [2.45, 2.75) is 19.4 Å². The molecule has 1 aliphatic heterocycles. The zero-order valence-electron chi connectivity index (χ0n) is 8.63. The Morgan fingerprint density at radius 2 is 2.13 bits per heavy atom. The first-order chi connectivity index (χ1) is 7.16. The van der Waals surface area contributed by atoms with Crippen LogP contribution in [-0.4, -0.2) is 19.3 Å². The molecule has 1 unspecified atom stereocenters. The van der Waals surface area contributed by atoms with Crippen molar-refractivity contribution >= 4 is 15.9 Å². The second-order valence-corrected chi connectivity index (χ2v) is 4.64. The van der Waals surface area contributed by atoms with Crippen LogP contribution in [0.3, 0.4) is 0 Å². The Hall–Kier alpha value is -0.740. The fourth-order valence-corrected chi connectivity index (χ4v) is 2.26. The summed E-state index contributed by atoms with van der Waals surface area (Å²) in [4.78, 5) is 0. The van der Waals surface area contributed by atoms with Crippen LogP contribution in [0.15, 0.2) is 16.6 Å². The summed E-state index contributed by atoms with van der Waals surface area (Å²) in [5, 5.41) is 0. The second kappa shape index (κ2) is 4.41. The van der Waals surface area contributed by atoms with Crippen molar-refractivity contribution in [3.8, 4) is 11.5 Å². The van der Waals surface area contributed by atoms with Crippen molar-refractivity contribution in [3.05, 3.63) is 22.2 Å². The molecule has 82 valence electrons. The standard InChI is InChI=1S/C11H14BrNO2/c1-7(13)4-8-5-9(12)11-10(6-8)14-2-3-15-11/h5-7H,2-4,13H2,1H3. The molecule has 15 heavy (non-hydrogen) atoms. The van der Waals surface area contributed by atoms with E-state index >= 15 is 0 Å². The number of hydrogen-bond donors (Lipinski definition) is 1. The average molecular weight is 272 g/mol. The van der Waals surface area contributed by atoms with Gasteiger partial charge in [-0.3, -0.25) is 0 Å². The first-order valence-corrected chi connectivity index (χ1v) is 5.79. The minimum Gasteiger partial charge on any atom is -0.486 e. The van der Waals surface area contributed by atoms with Gasteiger partial charge in [-0.15, -0.1) is 0 Å². The van der Waals surface area contributed by atoms with Crippen molar-refractivity contribution in [1.29, 1.82) is 0 Å². The number of halogens is 1. The zero-order valence-corrected chi connectivity index (χ0v) is 10.2. The molecule has 2 rings (SSSR count). The van der Waals surface area contributed by atoms with Crippen LogP contribution in [0.2, 0.25) is 0 Å². The lowest BCUT2D eigenvalue weighted by Crippen LogP contribution is -2.19. The lowest BCUT2D eigenvalue weighted by molar-refractivity contribution is 0.170. The molecule has 0 radical (unpaired) electrons. The minimum atomic E-state index is 0.152. The molecule has 0 saturated heterocycles. The van der Waals surface area contributed by atoms with Gasteiger partial charge >= 0.3 is 0 Å². The number of benzene rings is 1. The van der Waals surface area contributed by atoms with Gasteiger partial charge in [0.05, 0.1) is 4.47 Å². The number of ether oxygens (including phenoxy) is 2. The summed E-state index contributed by atoms with van der Waals surface area (Å²) in [6, 6.07) is 4.19. The van der Waals surface area contributed by atoms with Crippen molar-refractivity contribution in [3.63, 3.8) is 0 Å². The number of nitrogens with two attached hydrogens (primary N) is 1.